The van der Waals surface area contributed by atoms with Gasteiger partial charge in [-0.15, -0.1) is 0 Å². The van der Waals surface area contributed by atoms with E-state index in [2.05, 4.69) is 20.6 Å². The molecule has 0 aliphatic carbocycles. The van der Waals surface area contributed by atoms with Crippen molar-refractivity contribution in [2.45, 2.75) is 32.0 Å². The van der Waals surface area contributed by atoms with Crippen molar-refractivity contribution in [1.29, 1.82) is 0 Å². The zero-order chi connectivity index (χ0) is 14.8. The van der Waals surface area contributed by atoms with Crippen molar-refractivity contribution in [1.82, 2.24) is 20.6 Å². The molecule has 2 aromatic rings. The van der Waals surface area contributed by atoms with E-state index in [0.717, 1.165) is 17.0 Å². The molecule has 0 fully saturated rings. The molecular formula is C15H18N4O2. The number of phenolic OH excluding ortho intramolecular Hbond substituents is 1. The van der Waals surface area contributed by atoms with Crippen LogP contribution in [0.25, 0.3) is 0 Å². The Morgan fingerprint density at radius 2 is 2.38 bits per heavy atom. The summed E-state index contributed by atoms with van der Waals surface area (Å²) in [6, 6.07) is 6.48. The van der Waals surface area contributed by atoms with Gasteiger partial charge >= 0.3 is 0 Å². The highest BCUT2D eigenvalue weighted by Crippen LogP contribution is 2.18. The van der Waals surface area contributed by atoms with Crippen LogP contribution >= 0.6 is 0 Å². The fourth-order valence-corrected chi connectivity index (χ4v) is 2.55. The molecule has 6 nitrogen and oxygen atoms in total. The number of nitrogens with zero attached hydrogens (tertiary/aromatic N) is 1. The van der Waals surface area contributed by atoms with Crippen LogP contribution < -0.4 is 10.6 Å². The molecule has 0 saturated heterocycles. The summed E-state index contributed by atoms with van der Waals surface area (Å²) in [4.78, 5) is 19.6. The summed E-state index contributed by atoms with van der Waals surface area (Å²) in [5.74, 6) is 0.144. The molecule has 2 unspecified atom stereocenters. The van der Waals surface area contributed by atoms with Crippen molar-refractivity contribution in [3.05, 3.63) is 47.5 Å². The van der Waals surface area contributed by atoms with E-state index in [1.165, 1.54) is 0 Å². The first-order valence-electron chi connectivity index (χ1n) is 6.97. The lowest BCUT2D eigenvalue weighted by Gasteiger charge is -2.24. The molecule has 4 N–H and O–H groups in total. The minimum Gasteiger partial charge on any atom is -0.508 e. The molecule has 2 heterocycles. The Hall–Kier alpha value is -2.34. The zero-order valence-corrected chi connectivity index (χ0v) is 11.8. The quantitative estimate of drug-likeness (QED) is 0.678. The van der Waals surface area contributed by atoms with Crippen LogP contribution in [0.5, 0.6) is 5.75 Å². The second kappa shape index (κ2) is 5.57. The molecular weight excluding hydrogens is 268 g/mol. The molecule has 2 atom stereocenters. The number of nitrogens with one attached hydrogen (secondary N) is 3. The predicted octanol–water partition coefficient (Wildman–Crippen LogP) is 1.01. The van der Waals surface area contributed by atoms with Gasteiger partial charge < -0.3 is 15.4 Å². The number of H-pyrrole nitrogens is 1. The monoisotopic (exact) mass is 286 g/mol. The molecule has 1 aliphatic rings. The molecule has 3 rings (SSSR count). The van der Waals surface area contributed by atoms with Gasteiger partial charge in [-0.25, -0.2) is 4.98 Å². The molecule has 21 heavy (non-hydrogen) atoms. The molecule has 0 bridgehead atoms. The number of rotatable bonds is 3. The Morgan fingerprint density at radius 3 is 3.19 bits per heavy atom. The Morgan fingerprint density at radius 1 is 1.52 bits per heavy atom. The van der Waals surface area contributed by atoms with Gasteiger partial charge in [0.05, 0.1) is 29.8 Å². The van der Waals surface area contributed by atoms with Gasteiger partial charge in [0.2, 0.25) is 5.91 Å². The maximum atomic E-state index is 12.3. The summed E-state index contributed by atoms with van der Waals surface area (Å²) >= 11 is 0. The number of amides is 1. The van der Waals surface area contributed by atoms with Gasteiger partial charge in [-0.2, -0.15) is 0 Å². The van der Waals surface area contributed by atoms with Gasteiger partial charge in [0, 0.05) is 13.0 Å². The van der Waals surface area contributed by atoms with Gasteiger partial charge in [0.25, 0.3) is 0 Å². The van der Waals surface area contributed by atoms with Crippen LogP contribution in [-0.4, -0.2) is 27.0 Å². The van der Waals surface area contributed by atoms with E-state index in [1.807, 2.05) is 13.0 Å². The van der Waals surface area contributed by atoms with Gasteiger partial charge in [-0.1, -0.05) is 12.1 Å². The smallest absolute Gasteiger partial charge is 0.238 e. The van der Waals surface area contributed by atoms with E-state index in [0.29, 0.717) is 13.0 Å². The Balaban J connectivity index is 1.64. The predicted molar refractivity (Wildman–Crippen MR) is 77.6 cm³/mol. The Bertz CT molecular complexity index is 653. The van der Waals surface area contributed by atoms with Crippen molar-refractivity contribution >= 4 is 5.91 Å². The standard InChI is InChI=1S/C15H18N4O2/c1-9(10-3-2-4-11(20)5-10)19-15(21)13-6-12-14(7-16-13)18-8-17-12/h2-5,8-9,13,16,20H,6-7H2,1H3,(H,17,18)(H,19,21). The molecule has 0 radical (unpaired) electrons. The number of aromatic nitrogens is 2. The normalized spacial score (nSPS) is 18.8. The van der Waals surface area contributed by atoms with Crippen LogP contribution in [0.4, 0.5) is 0 Å². The van der Waals surface area contributed by atoms with E-state index in [9.17, 15) is 9.90 Å². The highest BCUT2D eigenvalue weighted by Gasteiger charge is 2.26. The van der Waals surface area contributed by atoms with Gasteiger partial charge in [-0.3, -0.25) is 10.1 Å². The van der Waals surface area contributed by atoms with E-state index in [4.69, 9.17) is 0 Å². The summed E-state index contributed by atoms with van der Waals surface area (Å²) in [5.41, 5.74) is 2.86. The highest BCUT2D eigenvalue weighted by molar-refractivity contribution is 5.82. The van der Waals surface area contributed by atoms with Crippen molar-refractivity contribution in [2.75, 3.05) is 0 Å². The van der Waals surface area contributed by atoms with Crippen molar-refractivity contribution in [2.24, 2.45) is 0 Å². The van der Waals surface area contributed by atoms with Crippen molar-refractivity contribution in [3.8, 4) is 5.75 Å². The number of carbonyl (C=O) groups excluding carboxylic acids is 1. The van der Waals surface area contributed by atoms with E-state index in [1.54, 1.807) is 24.5 Å². The number of imidazole rings is 1. The van der Waals surface area contributed by atoms with Gasteiger partial charge in [0.1, 0.15) is 5.75 Å². The van der Waals surface area contributed by atoms with Gasteiger partial charge in [-0.05, 0) is 24.6 Å². The number of aromatic amines is 1. The van der Waals surface area contributed by atoms with Crippen molar-refractivity contribution < 1.29 is 9.90 Å². The number of phenols is 1. The summed E-state index contributed by atoms with van der Waals surface area (Å²) in [7, 11) is 0. The molecule has 1 aliphatic heterocycles. The average Bonchev–Trinajstić information content (AvgIpc) is 2.94. The summed E-state index contributed by atoms with van der Waals surface area (Å²) in [6.07, 6.45) is 2.24. The topological polar surface area (TPSA) is 90.0 Å². The zero-order valence-electron chi connectivity index (χ0n) is 11.8. The second-order valence-electron chi connectivity index (χ2n) is 5.29. The third kappa shape index (κ3) is 2.90. The van der Waals surface area contributed by atoms with Crippen LogP contribution in [-0.2, 0) is 17.8 Å². The number of aromatic hydroxyl groups is 1. The second-order valence-corrected chi connectivity index (χ2v) is 5.29. The Labute approximate surface area is 122 Å². The number of fused-ring (bicyclic) bond motifs is 1. The largest absolute Gasteiger partial charge is 0.508 e. The van der Waals surface area contributed by atoms with Gasteiger partial charge in [0.15, 0.2) is 0 Å². The molecule has 6 heteroatoms. The minimum absolute atomic E-state index is 0.0560. The van der Waals surface area contributed by atoms with Crippen LogP contribution in [0.15, 0.2) is 30.6 Å². The van der Waals surface area contributed by atoms with E-state index < -0.39 is 0 Å². The maximum absolute atomic E-state index is 12.3. The third-order valence-corrected chi connectivity index (χ3v) is 3.78. The number of benzene rings is 1. The first-order chi connectivity index (χ1) is 10.1. The average molecular weight is 286 g/mol. The molecule has 110 valence electrons. The molecule has 1 amide bonds. The van der Waals surface area contributed by atoms with Crippen molar-refractivity contribution in [3.63, 3.8) is 0 Å². The van der Waals surface area contributed by atoms with Crippen LogP contribution in [0.2, 0.25) is 0 Å². The number of carbonyl (C=O) groups is 1. The number of hydrogen-bond acceptors (Lipinski definition) is 4. The van der Waals surface area contributed by atoms with Crippen LogP contribution in [0, 0.1) is 0 Å². The molecule has 1 aromatic heterocycles. The molecule has 0 spiro atoms. The number of hydrogen-bond donors (Lipinski definition) is 4. The lowest BCUT2D eigenvalue weighted by molar-refractivity contribution is -0.124. The fraction of sp³-hybridized carbons (Fsp3) is 0.333. The van der Waals surface area contributed by atoms with Crippen LogP contribution in [0.3, 0.4) is 0 Å². The minimum atomic E-state index is -0.277. The fourth-order valence-electron chi connectivity index (χ4n) is 2.55. The lowest BCUT2D eigenvalue weighted by atomic mass is 10.0. The Kier molecular flexibility index (Phi) is 3.62. The summed E-state index contributed by atoms with van der Waals surface area (Å²) < 4.78 is 0. The lowest BCUT2D eigenvalue weighted by Crippen LogP contribution is -2.48. The first-order valence-corrected chi connectivity index (χ1v) is 6.97. The SMILES string of the molecule is CC(NC(=O)C1Cc2nc[nH]c2CN1)c1cccc(O)c1. The maximum Gasteiger partial charge on any atom is 0.238 e. The summed E-state index contributed by atoms with van der Waals surface area (Å²) in [5, 5.41) is 15.7. The first kappa shape index (κ1) is 13.6. The highest BCUT2D eigenvalue weighted by atomic mass is 16.3. The third-order valence-electron chi connectivity index (χ3n) is 3.78. The molecule has 0 saturated carbocycles. The van der Waals surface area contributed by atoms with E-state index >= 15 is 0 Å². The van der Waals surface area contributed by atoms with E-state index in [-0.39, 0.29) is 23.7 Å². The summed E-state index contributed by atoms with van der Waals surface area (Å²) in [6.45, 7) is 2.52. The molecule has 1 aromatic carbocycles. The van der Waals surface area contributed by atoms with Crippen LogP contribution in [0.1, 0.15) is 29.9 Å².